The first-order chi connectivity index (χ1) is 39.1. The van der Waals surface area contributed by atoms with E-state index in [0.29, 0.717) is 12.8 Å². The van der Waals surface area contributed by atoms with Gasteiger partial charge < -0.3 is 65.1 Å². The number of ether oxygens (including phenoxy) is 4. The fraction of sp³-hybridized carbons (Fsp3) is 0.803. The third-order valence-corrected chi connectivity index (χ3v) is 15.4. The lowest BCUT2D eigenvalue weighted by molar-refractivity contribution is -0.359. The number of hydrogen-bond acceptors (Lipinski definition) is 13. The first-order valence-electron chi connectivity index (χ1n) is 32.2. The predicted molar refractivity (Wildman–Crippen MR) is 323 cm³/mol. The molecule has 9 N–H and O–H groups in total. The SMILES string of the molecule is CC/C=C\C/C=C\C/C=C\C/C=C\C/C=C\C/C=C\CCCCCCCCCCCCCCCCCCCCCCC(=O)NC(COC1OC(CO)C(OC2OC(CO)C(O)C(O)C2O)C(O)C1O)C(O)CCCCCCCCC. The lowest BCUT2D eigenvalue weighted by atomic mass is 9.97. The molecule has 2 rings (SSSR count). The Morgan fingerprint density at radius 3 is 1.32 bits per heavy atom. The van der Waals surface area contributed by atoms with Crippen LogP contribution in [0.5, 0.6) is 0 Å². The molecule has 0 radical (unpaired) electrons. The fourth-order valence-electron chi connectivity index (χ4n) is 10.3. The van der Waals surface area contributed by atoms with E-state index < -0.39 is 86.8 Å². The Kier molecular flexibility index (Phi) is 46.8. The van der Waals surface area contributed by atoms with Crippen LogP contribution in [0.15, 0.2) is 72.9 Å². The van der Waals surface area contributed by atoms with E-state index in [0.717, 1.165) is 96.3 Å². The summed E-state index contributed by atoms with van der Waals surface area (Å²) in [5, 5.41) is 86.9. The molecule has 12 unspecified atom stereocenters. The van der Waals surface area contributed by atoms with Crippen molar-refractivity contribution in [3.8, 4) is 0 Å². The van der Waals surface area contributed by atoms with Crippen LogP contribution in [0.2, 0.25) is 0 Å². The Hall–Kier alpha value is -2.57. The summed E-state index contributed by atoms with van der Waals surface area (Å²) in [5.41, 5.74) is 0. The van der Waals surface area contributed by atoms with Crippen molar-refractivity contribution < 1.29 is 64.6 Å². The lowest BCUT2D eigenvalue weighted by Crippen LogP contribution is -2.65. The zero-order chi connectivity index (χ0) is 58.1. The van der Waals surface area contributed by atoms with Gasteiger partial charge in [-0.25, -0.2) is 0 Å². The number of carbonyl (C=O) groups excluding carboxylic acids is 1. The van der Waals surface area contributed by atoms with Gasteiger partial charge in [0.25, 0.3) is 0 Å². The minimum absolute atomic E-state index is 0.210. The highest BCUT2D eigenvalue weighted by Gasteiger charge is 2.51. The molecule has 14 nitrogen and oxygen atoms in total. The summed E-state index contributed by atoms with van der Waals surface area (Å²) < 4.78 is 22.7. The lowest BCUT2D eigenvalue weighted by Gasteiger charge is -2.46. The molecule has 0 aliphatic carbocycles. The van der Waals surface area contributed by atoms with Crippen molar-refractivity contribution in [2.75, 3.05) is 19.8 Å². The van der Waals surface area contributed by atoms with Gasteiger partial charge in [0, 0.05) is 6.42 Å². The van der Waals surface area contributed by atoms with Crippen molar-refractivity contribution in [3.63, 3.8) is 0 Å². The zero-order valence-electron chi connectivity index (χ0n) is 50.1. The Balaban J connectivity index is 1.51. The second-order valence-corrected chi connectivity index (χ2v) is 22.5. The number of allylic oxidation sites excluding steroid dienone is 12. The second kappa shape index (κ2) is 50.9. The highest BCUT2D eigenvalue weighted by atomic mass is 16.7. The smallest absolute Gasteiger partial charge is 0.220 e. The molecule has 2 heterocycles. The van der Waals surface area contributed by atoms with Crippen molar-refractivity contribution >= 4 is 5.91 Å². The molecule has 1 amide bonds. The molecule has 0 saturated carbocycles. The van der Waals surface area contributed by atoms with Gasteiger partial charge in [0.05, 0.1) is 32.0 Å². The van der Waals surface area contributed by atoms with Gasteiger partial charge in [0.1, 0.15) is 48.8 Å². The first kappa shape index (κ1) is 73.5. The molecular weight excluding hydrogens is 1010 g/mol. The zero-order valence-corrected chi connectivity index (χ0v) is 50.1. The van der Waals surface area contributed by atoms with Gasteiger partial charge in [-0.1, -0.05) is 247 Å². The van der Waals surface area contributed by atoms with Crippen molar-refractivity contribution in [3.05, 3.63) is 72.9 Å². The number of unbranched alkanes of at least 4 members (excludes halogenated alkanes) is 26. The van der Waals surface area contributed by atoms with E-state index >= 15 is 0 Å². The Morgan fingerprint density at radius 2 is 0.863 bits per heavy atom. The van der Waals surface area contributed by atoms with Crippen LogP contribution in [0.1, 0.15) is 245 Å². The number of aliphatic hydroxyl groups excluding tert-OH is 8. The normalized spacial score (nSPS) is 24.7. The van der Waals surface area contributed by atoms with E-state index in [2.05, 4.69) is 92.1 Å². The quantitative estimate of drug-likeness (QED) is 0.0204. The number of rotatable bonds is 51. The van der Waals surface area contributed by atoms with Gasteiger partial charge in [0.2, 0.25) is 5.91 Å². The molecule has 80 heavy (non-hydrogen) atoms. The molecule has 0 aromatic carbocycles. The van der Waals surface area contributed by atoms with Crippen LogP contribution in [0.25, 0.3) is 0 Å². The van der Waals surface area contributed by atoms with E-state index in [-0.39, 0.29) is 12.5 Å². The van der Waals surface area contributed by atoms with E-state index in [9.17, 15) is 45.6 Å². The molecule has 0 aromatic heterocycles. The summed E-state index contributed by atoms with van der Waals surface area (Å²) in [7, 11) is 0. The van der Waals surface area contributed by atoms with Crippen molar-refractivity contribution in [1.82, 2.24) is 5.32 Å². The van der Waals surface area contributed by atoms with Crippen LogP contribution in [0, 0.1) is 0 Å². The number of nitrogens with one attached hydrogen (secondary N) is 1. The molecule has 464 valence electrons. The van der Waals surface area contributed by atoms with E-state index in [4.69, 9.17) is 18.9 Å². The molecule has 2 aliphatic rings. The second-order valence-electron chi connectivity index (χ2n) is 22.5. The van der Waals surface area contributed by atoms with Crippen LogP contribution < -0.4 is 5.32 Å². The third-order valence-electron chi connectivity index (χ3n) is 15.4. The summed E-state index contributed by atoms with van der Waals surface area (Å²) in [4.78, 5) is 13.2. The van der Waals surface area contributed by atoms with Crippen molar-refractivity contribution in [2.45, 2.75) is 319 Å². The van der Waals surface area contributed by atoms with E-state index in [1.54, 1.807) is 0 Å². The molecule has 14 heteroatoms. The minimum Gasteiger partial charge on any atom is -0.394 e. The summed E-state index contributed by atoms with van der Waals surface area (Å²) in [5.74, 6) is -0.210. The Labute approximate surface area is 485 Å². The molecule has 12 atom stereocenters. The average molecular weight is 1130 g/mol. The number of aliphatic hydroxyl groups is 8. The van der Waals surface area contributed by atoms with E-state index in [1.807, 2.05) is 0 Å². The van der Waals surface area contributed by atoms with Gasteiger partial charge in [-0.3, -0.25) is 4.79 Å². The molecule has 2 fully saturated rings. The van der Waals surface area contributed by atoms with Crippen LogP contribution in [-0.2, 0) is 23.7 Å². The van der Waals surface area contributed by atoms with Crippen molar-refractivity contribution in [1.29, 1.82) is 0 Å². The van der Waals surface area contributed by atoms with Crippen LogP contribution in [0.4, 0.5) is 0 Å². The molecule has 0 spiro atoms. The highest BCUT2D eigenvalue weighted by molar-refractivity contribution is 5.76. The largest absolute Gasteiger partial charge is 0.394 e. The van der Waals surface area contributed by atoms with Gasteiger partial charge in [-0.05, 0) is 64.2 Å². The predicted octanol–water partition coefficient (Wildman–Crippen LogP) is 11.9. The standard InChI is InChI=1S/C66H117NO13/c1-3-5-7-9-11-12-13-14-15-16-17-18-19-20-21-22-23-24-25-26-27-28-29-30-31-32-33-34-35-36-37-38-39-40-41-42-44-46-48-50-58(71)67-54(55(70)49-47-45-43-10-8-6-4-2)53-77-65-63(76)61(74)64(57(52-69)79-65)80-66-62(75)60(73)59(72)56(51-68)78-66/h5,7,11-12,14-15,17-18,20-21,23-24,54-57,59-66,68-70,72-76H,3-4,6,8-10,13,16,19,22,25-53H2,1-2H3,(H,67,71)/b7-5-,12-11-,15-14-,18-17-,21-20-,24-23-. The first-order valence-corrected chi connectivity index (χ1v) is 32.2. The van der Waals surface area contributed by atoms with Gasteiger partial charge in [-0.15, -0.1) is 0 Å². The van der Waals surface area contributed by atoms with Crippen LogP contribution in [0.3, 0.4) is 0 Å². The molecule has 0 bridgehead atoms. The minimum atomic E-state index is -1.78. The van der Waals surface area contributed by atoms with Crippen LogP contribution in [-0.4, -0.2) is 140 Å². The maximum absolute atomic E-state index is 13.2. The van der Waals surface area contributed by atoms with Gasteiger partial charge in [0.15, 0.2) is 12.6 Å². The van der Waals surface area contributed by atoms with Crippen LogP contribution >= 0.6 is 0 Å². The summed E-state index contributed by atoms with van der Waals surface area (Å²) in [6, 6.07) is -0.826. The molecule has 2 saturated heterocycles. The third kappa shape index (κ3) is 35.5. The highest BCUT2D eigenvalue weighted by Crippen LogP contribution is 2.30. The molecule has 2 aliphatic heterocycles. The summed E-state index contributed by atoms with van der Waals surface area (Å²) in [6.07, 6.45) is 51.2. The topological polar surface area (TPSA) is 228 Å². The fourth-order valence-corrected chi connectivity index (χ4v) is 10.3. The maximum Gasteiger partial charge on any atom is 0.220 e. The summed E-state index contributed by atoms with van der Waals surface area (Å²) >= 11 is 0. The number of amides is 1. The van der Waals surface area contributed by atoms with Crippen molar-refractivity contribution in [2.24, 2.45) is 0 Å². The Morgan fingerprint density at radius 1 is 0.463 bits per heavy atom. The molecular formula is C66H117NO13. The molecule has 0 aromatic rings. The maximum atomic E-state index is 13.2. The van der Waals surface area contributed by atoms with Gasteiger partial charge >= 0.3 is 0 Å². The average Bonchev–Trinajstić information content (AvgIpc) is 3.48. The summed E-state index contributed by atoms with van der Waals surface area (Å²) in [6.45, 7) is 2.69. The number of hydrogen-bond donors (Lipinski definition) is 9. The monoisotopic (exact) mass is 1130 g/mol. The number of carbonyl (C=O) groups is 1. The van der Waals surface area contributed by atoms with Gasteiger partial charge in [-0.2, -0.15) is 0 Å². The van der Waals surface area contributed by atoms with E-state index in [1.165, 1.54) is 122 Å². The Bertz CT molecular complexity index is 1620.